The van der Waals surface area contributed by atoms with Crippen molar-refractivity contribution in [3.8, 4) is 0 Å². The summed E-state index contributed by atoms with van der Waals surface area (Å²) in [5, 5.41) is 3.54. The molecule has 3 aliphatic heterocycles. The summed E-state index contributed by atoms with van der Waals surface area (Å²) in [5.41, 5.74) is 0. The van der Waals surface area contributed by atoms with Gasteiger partial charge in [0.15, 0.2) is 0 Å². The SMILES string of the molecule is C1COCC(CN2CCC3CNCC3C2)C1. The third-order valence-electron chi connectivity index (χ3n) is 4.56. The predicted molar refractivity (Wildman–Crippen MR) is 64.4 cm³/mol. The fraction of sp³-hybridized carbons (Fsp3) is 1.00. The molecular weight excluding hydrogens is 200 g/mol. The van der Waals surface area contributed by atoms with Gasteiger partial charge in [0.2, 0.25) is 0 Å². The molecule has 1 N–H and O–H groups in total. The van der Waals surface area contributed by atoms with Crippen molar-refractivity contribution in [2.24, 2.45) is 17.8 Å². The van der Waals surface area contributed by atoms with Crippen LogP contribution < -0.4 is 5.32 Å². The van der Waals surface area contributed by atoms with Gasteiger partial charge in [-0.3, -0.25) is 0 Å². The van der Waals surface area contributed by atoms with Gasteiger partial charge >= 0.3 is 0 Å². The van der Waals surface area contributed by atoms with Crippen LogP contribution in [0.25, 0.3) is 0 Å². The van der Waals surface area contributed by atoms with Crippen molar-refractivity contribution in [3.05, 3.63) is 0 Å². The van der Waals surface area contributed by atoms with E-state index in [9.17, 15) is 0 Å². The highest BCUT2D eigenvalue weighted by atomic mass is 16.5. The molecule has 3 fully saturated rings. The molecule has 3 nitrogen and oxygen atoms in total. The normalized spacial score (nSPS) is 40.9. The Morgan fingerprint density at radius 2 is 2.12 bits per heavy atom. The molecule has 0 amide bonds. The van der Waals surface area contributed by atoms with Gasteiger partial charge in [0.1, 0.15) is 0 Å². The van der Waals surface area contributed by atoms with E-state index in [-0.39, 0.29) is 0 Å². The molecule has 0 radical (unpaired) electrons. The molecule has 0 aromatic rings. The van der Waals surface area contributed by atoms with Crippen LogP contribution in [0.2, 0.25) is 0 Å². The summed E-state index contributed by atoms with van der Waals surface area (Å²) >= 11 is 0. The summed E-state index contributed by atoms with van der Waals surface area (Å²) in [4.78, 5) is 2.69. The van der Waals surface area contributed by atoms with E-state index in [0.29, 0.717) is 0 Å². The fourth-order valence-electron chi connectivity index (χ4n) is 3.59. The maximum absolute atomic E-state index is 5.57. The van der Waals surface area contributed by atoms with E-state index in [1.54, 1.807) is 0 Å². The van der Waals surface area contributed by atoms with Crippen LogP contribution in [0, 0.1) is 17.8 Å². The Hall–Kier alpha value is -0.120. The maximum Gasteiger partial charge on any atom is 0.0506 e. The smallest absolute Gasteiger partial charge is 0.0506 e. The van der Waals surface area contributed by atoms with Gasteiger partial charge in [0, 0.05) is 19.7 Å². The number of hydrogen-bond donors (Lipinski definition) is 1. The largest absolute Gasteiger partial charge is 0.381 e. The zero-order chi connectivity index (χ0) is 10.8. The summed E-state index contributed by atoms with van der Waals surface area (Å²) in [6.45, 7) is 8.44. The monoisotopic (exact) mass is 224 g/mol. The number of likely N-dealkylation sites (tertiary alicyclic amines) is 1. The number of nitrogens with zero attached hydrogens (tertiary/aromatic N) is 1. The molecule has 0 spiro atoms. The minimum Gasteiger partial charge on any atom is -0.381 e. The van der Waals surface area contributed by atoms with Crippen LogP contribution >= 0.6 is 0 Å². The lowest BCUT2D eigenvalue weighted by Crippen LogP contribution is -2.43. The van der Waals surface area contributed by atoms with E-state index >= 15 is 0 Å². The summed E-state index contributed by atoms with van der Waals surface area (Å²) in [6.07, 6.45) is 4.06. The Labute approximate surface area is 98.5 Å². The quantitative estimate of drug-likeness (QED) is 0.756. The van der Waals surface area contributed by atoms with E-state index in [4.69, 9.17) is 4.74 Å². The lowest BCUT2D eigenvalue weighted by atomic mass is 9.88. The summed E-state index contributed by atoms with van der Waals surface area (Å²) in [7, 11) is 0. The van der Waals surface area contributed by atoms with Crippen LogP contribution in [0.4, 0.5) is 0 Å². The minimum atomic E-state index is 0.805. The molecule has 3 atom stereocenters. The molecule has 3 rings (SSSR count). The van der Waals surface area contributed by atoms with Crippen molar-refractivity contribution in [3.63, 3.8) is 0 Å². The fourth-order valence-corrected chi connectivity index (χ4v) is 3.59. The molecule has 0 aromatic carbocycles. The molecule has 16 heavy (non-hydrogen) atoms. The van der Waals surface area contributed by atoms with Crippen LogP contribution in [0.5, 0.6) is 0 Å². The average Bonchev–Trinajstić information content (AvgIpc) is 2.77. The average molecular weight is 224 g/mol. The first-order valence-electron chi connectivity index (χ1n) is 6.92. The van der Waals surface area contributed by atoms with Crippen LogP contribution in [0.3, 0.4) is 0 Å². The Morgan fingerprint density at radius 3 is 3.00 bits per heavy atom. The summed E-state index contributed by atoms with van der Waals surface area (Å²) in [6, 6.07) is 0. The first-order valence-corrected chi connectivity index (χ1v) is 6.92. The second kappa shape index (κ2) is 5.03. The van der Waals surface area contributed by atoms with Crippen LogP contribution in [0.15, 0.2) is 0 Å². The highest BCUT2D eigenvalue weighted by Crippen LogP contribution is 2.27. The topological polar surface area (TPSA) is 24.5 Å². The van der Waals surface area contributed by atoms with Gasteiger partial charge < -0.3 is 15.0 Å². The molecule has 3 unspecified atom stereocenters. The number of fused-ring (bicyclic) bond motifs is 1. The van der Waals surface area contributed by atoms with Gasteiger partial charge in [-0.15, -0.1) is 0 Å². The number of ether oxygens (including phenoxy) is 1. The van der Waals surface area contributed by atoms with Crippen molar-refractivity contribution in [2.75, 3.05) is 45.9 Å². The van der Waals surface area contributed by atoms with Crippen LogP contribution in [0.1, 0.15) is 19.3 Å². The van der Waals surface area contributed by atoms with Crippen molar-refractivity contribution >= 4 is 0 Å². The van der Waals surface area contributed by atoms with Gasteiger partial charge in [0.25, 0.3) is 0 Å². The lowest BCUT2D eigenvalue weighted by molar-refractivity contribution is 0.0283. The van der Waals surface area contributed by atoms with Gasteiger partial charge in [-0.1, -0.05) is 0 Å². The lowest BCUT2D eigenvalue weighted by Gasteiger charge is -2.37. The predicted octanol–water partition coefficient (Wildman–Crippen LogP) is 0.954. The standard InChI is InChI=1S/C13H24N2O/c1-2-11(10-16-5-1)8-15-4-3-12-6-14-7-13(12)9-15/h11-14H,1-10H2. The third-order valence-corrected chi connectivity index (χ3v) is 4.56. The van der Waals surface area contributed by atoms with Crippen molar-refractivity contribution in [1.82, 2.24) is 10.2 Å². The molecule has 0 saturated carbocycles. The third kappa shape index (κ3) is 2.41. The van der Waals surface area contributed by atoms with E-state index < -0.39 is 0 Å². The molecule has 0 aromatic heterocycles. The highest BCUT2D eigenvalue weighted by Gasteiger charge is 2.33. The first kappa shape index (κ1) is 11.0. The first-order chi connectivity index (χ1) is 7.92. The Morgan fingerprint density at radius 1 is 1.19 bits per heavy atom. The second-order valence-electron chi connectivity index (χ2n) is 5.81. The molecule has 3 saturated heterocycles. The van der Waals surface area contributed by atoms with Crippen molar-refractivity contribution in [1.29, 1.82) is 0 Å². The molecule has 3 aliphatic rings. The molecule has 0 bridgehead atoms. The number of rotatable bonds is 2. The molecule has 3 heterocycles. The molecular formula is C13H24N2O. The highest BCUT2D eigenvalue weighted by molar-refractivity contribution is 4.88. The van der Waals surface area contributed by atoms with E-state index in [1.165, 1.54) is 52.0 Å². The molecule has 92 valence electrons. The van der Waals surface area contributed by atoms with Crippen LogP contribution in [-0.4, -0.2) is 50.8 Å². The Balaban J connectivity index is 1.48. The Bertz CT molecular complexity index is 228. The zero-order valence-electron chi connectivity index (χ0n) is 10.2. The number of piperidine rings is 1. The van der Waals surface area contributed by atoms with Gasteiger partial charge in [0.05, 0.1) is 6.61 Å². The number of nitrogens with one attached hydrogen (secondary N) is 1. The van der Waals surface area contributed by atoms with Crippen LogP contribution in [-0.2, 0) is 4.74 Å². The van der Waals surface area contributed by atoms with Crippen molar-refractivity contribution in [2.45, 2.75) is 19.3 Å². The zero-order valence-corrected chi connectivity index (χ0v) is 10.2. The van der Waals surface area contributed by atoms with Crippen molar-refractivity contribution < 1.29 is 4.74 Å². The van der Waals surface area contributed by atoms with E-state index in [2.05, 4.69) is 10.2 Å². The van der Waals surface area contributed by atoms with Gasteiger partial charge in [-0.05, 0) is 56.7 Å². The second-order valence-corrected chi connectivity index (χ2v) is 5.81. The van der Waals surface area contributed by atoms with Gasteiger partial charge in [-0.2, -0.15) is 0 Å². The Kier molecular flexibility index (Phi) is 3.46. The molecule has 0 aliphatic carbocycles. The minimum absolute atomic E-state index is 0.805. The summed E-state index contributed by atoms with van der Waals surface area (Å²) in [5.74, 6) is 2.71. The van der Waals surface area contributed by atoms with E-state index in [0.717, 1.165) is 31.0 Å². The van der Waals surface area contributed by atoms with E-state index in [1.807, 2.05) is 0 Å². The number of hydrogen-bond acceptors (Lipinski definition) is 3. The maximum atomic E-state index is 5.57. The molecule has 3 heteroatoms. The van der Waals surface area contributed by atoms with Gasteiger partial charge in [-0.25, -0.2) is 0 Å². The summed E-state index contributed by atoms with van der Waals surface area (Å²) < 4.78 is 5.57.